The molecule has 1 aromatic heterocycles. The number of hydrogen-bond acceptors (Lipinski definition) is 10. The van der Waals surface area contributed by atoms with Gasteiger partial charge in [-0.05, 0) is 0 Å². The molecule has 0 unspecified atom stereocenters. The molecule has 1 aliphatic heterocycles. The summed E-state index contributed by atoms with van der Waals surface area (Å²) in [7, 11) is -2.86. The lowest BCUT2D eigenvalue weighted by atomic mass is 10.4. The Balaban J connectivity index is 1.42. The highest BCUT2D eigenvalue weighted by Crippen LogP contribution is 2.07. The predicted molar refractivity (Wildman–Crippen MR) is 106 cm³/mol. The molecule has 1 saturated heterocycles. The first-order valence-electron chi connectivity index (χ1n) is 9.92. The van der Waals surface area contributed by atoms with E-state index in [-0.39, 0.29) is 11.5 Å². The first-order valence-corrected chi connectivity index (χ1v) is 11.7. The highest BCUT2D eigenvalue weighted by Gasteiger charge is 2.22. The summed E-state index contributed by atoms with van der Waals surface area (Å²) in [6, 6.07) is 0. The molecule has 1 aliphatic rings. The molecule has 0 atom stereocenters. The van der Waals surface area contributed by atoms with Crippen molar-refractivity contribution in [3.63, 3.8) is 0 Å². The summed E-state index contributed by atoms with van der Waals surface area (Å²) in [6.45, 7) is 7.05. The van der Waals surface area contributed by atoms with Gasteiger partial charge in [0.1, 0.15) is 0 Å². The van der Waals surface area contributed by atoms with Crippen LogP contribution in [0.4, 0.5) is 0 Å². The smallest absolute Gasteiger partial charge is 0.152 e. The lowest BCUT2D eigenvalue weighted by Gasteiger charge is -2.25. The lowest BCUT2D eigenvalue weighted by molar-refractivity contribution is -0.00200. The maximum absolute atomic E-state index is 11.5. The Labute approximate surface area is 172 Å². The maximum atomic E-state index is 11.5. The molecule has 12 heteroatoms. The zero-order chi connectivity index (χ0) is 20.8. The number of aromatic nitrogens is 3. The van der Waals surface area contributed by atoms with Gasteiger partial charge in [-0.25, -0.2) is 13.1 Å². The maximum Gasteiger partial charge on any atom is 0.152 e. The second-order valence-corrected chi connectivity index (χ2v) is 8.94. The van der Waals surface area contributed by atoms with Gasteiger partial charge < -0.3 is 24.7 Å². The normalized spacial score (nSPS) is 17.0. The molecule has 1 fully saturated rings. The third kappa shape index (κ3) is 11.0. The van der Waals surface area contributed by atoms with Crippen molar-refractivity contribution < 1.29 is 27.4 Å². The van der Waals surface area contributed by atoms with Gasteiger partial charge >= 0.3 is 0 Å². The van der Waals surface area contributed by atoms with Crippen molar-refractivity contribution in [2.75, 3.05) is 84.0 Å². The van der Waals surface area contributed by atoms with Gasteiger partial charge in [0.25, 0.3) is 0 Å². The van der Waals surface area contributed by atoms with Crippen LogP contribution in [0, 0.1) is 0 Å². The van der Waals surface area contributed by atoms with E-state index in [1.54, 1.807) is 4.68 Å². The summed E-state index contributed by atoms with van der Waals surface area (Å²) >= 11 is 0. The zero-order valence-electron chi connectivity index (χ0n) is 16.9. The Hall–Kier alpha value is -1.15. The van der Waals surface area contributed by atoms with Crippen LogP contribution in [0.5, 0.6) is 0 Å². The Kier molecular flexibility index (Phi) is 11.6. The molecule has 0 spiro atoms. The van der Waals surface area contributed by atoms with Crippen molar-refractivity contribution in [2.45, 2.75) is 13.1 Å². The highest BCUT2D eigenvalue weighted by molar-refractivity contribution is 7.91. The summed E-state index contributed by atoms with van der Waals surface area (Å²) in [6.07, 6.45) is 1.87. The Morgan fingerprint density at radius 3 is 2.03 bits per heavy atom. The summed E-state index contributed by atoms with van der Waals surface area (Å²) < 4.78 is 46.1. The molecule has 0 amide bonds. The summed E-state index contributed by atoms with van der Waals surface area (Å²) in [5, 5.41) is 8.22. The molecular weight excluding hydrogens is 402 g/mol. The monoisotopic (exact) mass is 435 g/mol. The van der Waals surface area contributed by atoms with Crippen LogP contribution in [0.15, 0.2) is 6.20 Å². The van der Waals surface area contributed by atoms with Crippen molar-refractivity contribution in [1.82, 2.24) is 19.9 Å². The van der Waals surface area contributed by atoms with Crippen molar-refractivity contribution >= 4 is 9.84 Å². The molecule has 1 aromatic rings. The van der Waals surface area contributed by atoms with Gasteiger partial charge in [-0.2, -0.15) is 0 Å². The van der Waals surface area contributed by atoms with Crippen LogP contribution in [0.3, 0.4) is 0 Å². The van der Waals surface area contributed by atoms with Crippen LogP contribution < -0.4 is 5.73 Å². The van der Waals surface area contributed by atoms with Gasteiger partial charge in [0, 0.05) is 32.4 Å². The van der Waals surface area contributed by atoms with Crippen LogP contribution in [0.2, 0.25) is 0 Å². The Morgan fingerprint density at radius 2 is 1.45 bits per heavy atom. The standard InChI is InChI=1S/C17H33N5O6S/c18-1-5-25-7-9-27-11-12-28-10-8-26-6-2-22-16-17(19-20-22)15-21-3-13-29(23,24)14-4-21/h16H,1-15,18H2. The van der Waals surface area contributed by atoms with E-state index in [4.69, 9.17) is 24.7 Å². The minimum atomic E-state index is -2.86. The fourth-order valence-corrected chi connectivity index (χ4v) is 3.94. The molecule has 11 nitrogen and oxygen atoms in total. The molecule has 0 bridgehead atoms. The van der Waals surface area contributed by atoms with Crippen molar-refractivity contribution in [3.05, 3.63) is 11.9 Å². The van der Waals surface area contributed by atoms with Gasteiger partial charge in [-0.1, -0.05) is 5.21 Å². The molecule has 29 heavy (non-hydrogen) atoms. The van der Waals surface area contributed by atoms with Crippen molar-refractivity contribution in [1.29, 1.82) is 0 Å². The molecule has 2 heterocycles. The topological polar surface area (TPSA) is 131 Å². The summed E-state index contributed by atoms with van der Waals surface area (Å²) in [5.74, 6) is 0.429. The number of nitrogens with two attached hydrogens (primary N) is 1. The van der Waals surface area contributed by atoms with Crippen molar-refractivity contribution in [3.8, 4) is 0 Å². The van der Waals surface area contributed by atoms with Gasteiger partial charge in [0.15, 0.2) is 9.84 Å². The Bertz CT molecular complexity index is 642. The second kappa shape index (κ2) is 14.0. The van der Waals surface area contributed by atoms with E-state index < -0.39 is 9.84 Å². The van der Waals surface area contributed by atoms with E-state index in [1.165, 1.54) is 0 Å². The Morgan fingerprint density at radius 1 is 0.897 bits per heavy atom. The minimum Gasteiger partial charge on any atom is -0.378 e. The van der Waals surface area contributed by atoms with Crippen molar-refractivity contribution in [2.24, 2.45) is 5.73 Å². The quantitative estimate of drug-likeness (QED) is 0.307. The molecular formula is C17H33N5O6S. The number of sulfone groups is 1. The largest absolute Gasteiger partial charge is 0.378 e. The zero-order valence-corrected chi connectivity index (χ0v) is 17.7. The lowest BCUT2D eigenvalue weighted by Crippen LogP contribution is -2.39. The van der Waals surface area contributed by atoms with Gasteiger partial charge in [-0.15, -0.1) is 5.10 Å². The third-order valence-corrected chi connectivity index (χ3v) is 5.86. The predicted octanol–water partition coefficient (Wildman–Crippen LogP) is -1.47. The number of hydrogen-bond donors (Lipinski definition) is 1. The third-order valence-electron chi connectivity index (χ3n) is 4.25. The average molecular weight is 436 g/mol. The molecule has 0 aromatic carbocycles. The number of rotatable bonds is 16. The fourth-order valence-electron chi connectivity index (χ4n) is 2.66. The van der Waals surface area contributed by atoms with E-state index in [0.29, 0.717) is 85.6 Å². The average Bonchev–Trinajstić information content (AvgIpc) is 3.14. The fraction of sp³-hybridized carbons (Fsp3) is 0.882. The van der Waals surface area contributed by atoms with E-state index in [9.17, 15) is 8.42 Å². The van der Waals surface area contributed by atoms with Gasteiger partial charge in [0.2, 0.25) is 0 Å². The first kappa shape index (κ1) is 24.1. The molecule has 2 rings (SSSR count). The van der Waals surface area contributed by atoms with E-state index >= 15 is 0 Å². The number of ether oxygens (including phenoxy) is 4. The van der Waals surface area contributed by atoms with Crippen LogP contribution in [-0.2, 0) is 41.9 Å². The summed E-state index contributed by atoms with van der Waals surface area (Å²) in [5.41, 5.74) is 6.15. The van der Waals surface area contributed by atoms with E-state index in [1.807, 2.05) is 6.20 Å². The van der Waals surface area contributed by atoms with E-state index in [0.717, 1.165) is 5.69 Å². The van der Waals surface area contributed by atoms with Crippen LogP contribution >= 0.6 is 0 Å². The van der Waals surface area contributed by atoms with Crippen LogP contribution in [0.1, 0.15) is 5.69 Å². The highest BCUT2D eigenvalue weighted by atomic mass is 32.2. The van der Waals surface area contributed by atoms with Crippen LogP contribution in [-0.4, -0.2) is 112 Å². The van der Waals surface area contributed by atoms with Gasteiger partial charge in [-0.3, -0.25) is 4.90 Å². The SMILES string of the molecule is NCCOCCOCCOCCOCCn1cc(CN2CCS(=O)(=O)CC2)nn1. The second-order valence-electron chi connectivity index (χ2n) is 6.64. The van der Waals surface area contributed by atoms with Crippen LogP contribution in [0.25, 0.3) is 0 Å². The molecule has 168 valence electrons. The molecule has 0 aliphatic carbocycles. The number of nitrogens with zero attached hydrogens (tertiary/aromatic N) is 4. The minimum absolute atomic E-state index is 0.215. The molecule has 0 saturated carbocycles. The summed E-state index contributed by atoms with van der Waals surface area (Å²) in [4.78, 5) is 2.08. The molecule has 0 radical (unpaired) electrons. The molecule has 2 N–H and O–H groups in total. The van der Waals surface area contributed by atoms with Gasteiger partial charge in [0.05, 0.1) is 76.6 Å². The first-order chi connectivity index (χ1) is 14.1. The van der Waals surface area contributed by atoms with E-state index in [2.05, 4.69) is 15.2 Å².